The Hall–Kier alpha value is -1.06. The lowest BCUT2D eigenvalue weighted by Gasteiger charge is -2.05. The SMILES string of the molecule is CCCCCCOC(=O)C(=O)NCCCC. The van der Waals surface area contributed by atoms with Gasteiger partial charge >= 0.3 is 11.9 Å². The highest BCUT2D eigenvalue weighted by Gasteiger charge is 2.13. The van der Waals surface area contributed by atoms with Gasteiger partial charge in [0.15, 0.2) is 0 Å². The normalized spacial score (nSPS) is 9.88. The number of hydrogen-bond donors (Lipinski definition) is 1. The molecule has 0 aromatic rings. The topological polar surface area (TPSA) is 55.4 Å². The molecule has 0 saturated heterocycles. The molecule has 0 heterocycles. The largest absolute Gasteiger partial charge is 0.459 e. The van der Waals surface area contributed by atoms with E-state index < -0.39 is 11.9 Å². The van der Waals surface area contributed by atoms with E-state index in [0.717, 1.165) is 38.5 Å². The van der Waals surface area contributed by atoms with E-state index in [2.05, 4.69) is 12.2 Å². The van der Waals surface area contributed by atoms with Gasteiger partial charge in [0.2, 0.25) is 0 Å². The summed E-state index contributed by atoms with van der Waals surface area (Å²) in [4.78, 5) is 22.3. The van der Waals surface area contributed by atoms with Crippen molar-refractivity contribution in [1.82, 2.24) is 5.32 Å². The Labute approximate surface area is 97.7 Å². The van der Waals surface area contributed by atoms with Crippen LogP contribution in [0.5, 0.6) is 0 Å². The number of hydrogen-bond acceptors (Lipinski definition) is 3. The Bertz CT molecular complexity index is 204. The molecule has 4 heteroatoms. The van der Waals surface area contributed by atoms with E-state index in [1.807, 2.05) is 6.92 Å². The van der Waals surface area contributed by atoms with Crippen molar-refractivity contribution in [2.45, 2.75) is 52.4 Å². The molecule has 94 valence electrons. The molecule has 16 heavy (non-hydrogen) atoms. The number of ether oxygens (including phenoxy) is 1. The summed E-state index contributed by atoms with van der Waals surface area (Å²) >= 11 is 0. The number of unbranched alkanes of at least 4 members (excludes halogenated alkanes) is 4. The fraction of sp³-hybridized carbons (Fsp3) is 0.833. The average Bonchev–Trinajstić information content (AvgIpc) is 2.28. The van der Waals surface area contributed by atoms with Gasteiger partial charge in [-0.05, 0) is 12.8 Å². The summed E-state index contributed by atoms with van der Waals surface area (Å²) in [5.41, 5.74) is 0. The molecule has 0 bridgehead atoms. The number of nitrogens with one attached hydrogen (secondary N) is 1. The van der Waals surface area contributed by atoms with Crippen LogP contribution in [0.4, 0.5) is 0 Å². The number of carbonyl (C=O) groups is 2. The predicted octanol–water partition coefficient (Wildman–Crippen LogP) is 2.03. The van der Waals surface area contributed by atoms with Gasteiger partial charge < -0.3 is 10.1 Å². The van der Waals surface area contributed by atoms with Gasteiger partial charge in [-0.15, -0.1) is 0 Å². The Balaban J connectivity index is 3.44. The van der Waals surface area contributed by atoms with Crippen molar-refractivity contribution in [3.05, 3.63) is 0 Å². The quantitative estimate of drug-likeness (QED) is 0.393. The molecule has 1 amide bonds. The van der Waals surface area contributed by atoms with Crippen LogP contribution < -0.4 is 5.32 Å². The number of rotatable bonds is 8. The molecule has 0 atom stereocenters. The van der Waals surface area contributed by atoms with Gasteiger partial charge in [-0.1, -0.05) is 39.5 Å². The van der Waals surface area contributed by atoms with Crippen LogP contribution in [-0.4, -0.2) is 25.0 Å². The lowest BCUT2D eigenvalue weighted by Crippen LogP contribution is -2.33. The minimum absolute atomic E-state index is 0.347. The van der Waals surface area contributed by atoms with E-state index in [1.54, 1.807) is 0 Å². The maximum Gasteiger partial charge on any atom is 0.396 e. The fourth-order valence-corrected chi connectivity index (χ4v) is 1.21. The molecule has 0 aliphatic rings. The minimum atomic E-state index is -0.757. The smallest absolute Gasteiger partial charge is 0.396 e. The van der Waals surface area contributed by atoms with Crippen molar-refractivity contribution in [2.75, 3.05) is 13.2 Å². The molecule has 0 saturated carbocycles. The molecule has 4 nitrogen and oxygen atoms in total. The first kappa shape index (κ1) is 14.9. The van der Waals surface area contributed by atoms with Gasteiger partial charge in [0.25, 0.3) is 0 Å². The summed E-state index contributed by atoms with van der Waals surface area (Å²) < 4.78 is 4.83. The van der Waals surface area contributed by atoms with E-state index in [0.29, 0.717) is 13.2 Å². The van der Waals surface area contributed by atoms with E-state index in [9.17, 15) is 9.59 Å². The first-order valence-electron chi connectivity index (χ1n) is 6.17. The lowest BCUT2D eigenvalue weighted by atomic mass is 10.2. The van der Waals surface area contributed by atoms with E-state index >= 15 is 0 Å². The predicted molar refractivity (Wildman–Crippen MR) is 63.0 cm³/mol. The zero-order chi connectivity index (χ0) is 12.2. The molecule has 0 spiro atoms. The van der Waals surface area contributed by atoms with Crippen LogP contribution in [0, 0.1) is 0 Å². The van der Waals surface area contributed by atoms with Crippen LogP contribution >= 0.6 is 0 Å². The third-order valence-electron chi connectivity index (χ3n) is 2.23. The molecule has 0 aliphatic carbocycles. The van der Waals surface area contributed by atoms with Crippen LogP contribution in [0.2, 0.25) is 0 Å². The van der Waals surface area contributed by atoms with Crippen molar-refractivity contribution < 1.29 is 14.3 Å². The van der Waals surface area contributed by atoms with Crippen LogP contribution in [0.3, 0.4) is 0 Å². The summed E-state index contributed by atoms with van der Waals surface area (Å²) in [7, 11) is 0. The maximum atomic E-state index is 11.2. The summed E-state index contributed by atoms with van der Waals surface area (Å²) in [6, 6.07) is 0. The van der Waals surface area contributed by atoms with Gasteiger partial charge in [0, 0.05) is 6.54 Å². The molecular formula is C12H23NO3. The second-order valence-corrected chi connectivity index (χ2v) is 3.81. The van der Waals surface area contributed by atoms with Crippen molar-refractivity contribution >= 4 is 11.9 Å². The minimum Gasteiger partial charge on any atom is -0.459 e. The molecule has 0 radical (unpaired) electrons. The van der Waals surface area contributed by atoms with Crippen LogP contribution in [-0.2, 0) is 14.3 Å². The fourth-order valence-electron chi connectivity index (χ4n) is 1.21. The first-order valence-corrected chi connectivity index (χ1v) is 6.17. The molecule has 0 rings (SSSR count). The van der Waals surface area contributed by atoms with Crippen molar-refractivity contribution in [3.8, 4) is 0 Å². The number of carbonyl (C=O) groups excluding carboxylic acids is 2. The zero-order valence-corrected chi connectivity index (χ0v) is 10.4. The highest BCUT2D eigenvalue weighted by Crippen LogP contribution is 1.98. The highest BCUT2D eigenvalue weighted by molar-refractivity contribution is 6.32. The molecular weight excluding hydrogens is 206 g/mol. The summed E-state index contributed by atoms with van der Waals surface area (Å²) in [6.45, 7) is 5.03. The standard InChI is InChI=1S/C12H23NO3/c1-3-5-7-8-10-16-12(15)11(14)13-9-6-4-2/h3-10H2,1-2H3,(H,13,14). The zero-order valence-electron chi connectivity index (χ0n) is 10.4. The molecule has 0 aromatic heterocycles. The van der Waals surface area contributed by atoms with E-state index in [1.165, 1.54) is 0 Å². The van der Waals surface area contributed by atoms with Gasteiger partial charge in [-0.25, -0.2) is 4.79 Å². The van der Waals surface area contributed by atoms with Crippen LogP contribution in [0.1, 0.15) is 52.4 Å². The Morgan fingerprint density at radius 1 is 1.00 bits per heavy atom. The Morgan fingerprint density at radius 3 is 2.31 bits per heavy atom. The van der Waals surface area contributed by atoms with Gasteiger partial charge in [-0.3, -0.25) is 4.79 Å². The third-order valence-corrected chi connectivity index (χ3v) is 2.23. The summed E-state index contributed by atoms with van der Waals surface area (Å²) in [5.74, 6) is -1.38. The monoisotopic (exact) mass is 229 g/mol. The molecule has 0 fully saturated rings. The van der Waals surface area contributed by atoms with Crippen molar-refractivity contribution in [2.24, 2.45) is 0 Å². The lowest BCUT2D eigenvalue weighted by molar-refractivity contribution is -0.155. The van der Waals surface area contributed by atoms with Crippen molar-refractivity contribution in [3.63, 3.8) is 0 Å². The molecule has 0 aliphatic heterocycles. The van der Waals surface area contributed by atoms with Gasteiger partial charge in [-0.2, -0.15) is 0 Å². The molecule has 0 aromatic carbocycles. The van der Waals surface area contributed by atoms with Gasteiger partial charge in [0.05, 0.1) is 6.61 Å². The van der Waals surface area contributed by atoms with Crippen LogP contribution in [0.25, 0.3) is 0 Å². The number of esters is 1. The second-order valence-electron chi connectivity index (χ2n) is 3.81. The Morgan fingerprint density at radius 2 is 1.69 bits per heavy atom. The summed E-state index contributed by atoms with van der Waals surface area (Å²) in [6.07, 6.45) is 6.04. The highest BCUT2D eigenvalue weighted by atomic mass is 16.5. The maximum absolute atomic E-state index is 11.2. The summed E-state index contributed by atoms with van der Waals surface area (Å²) in [5, 5.41) is 2.52. The molecule has 0 unspecified atom stereocenters. The van der Waals surface area contributed by atoms with Crippen LogP contribution in [0.15, 0.2) is 0 Å². The van der Waals surface area contributed by atoms with Crippen molar-refractivity contribution in [1.29, 1.82) is 0 Å². The van der Waals surface area contributed by atoms with E-state index in [-0.39, 0.29) is 0 Å². The second kappa shape index (κ2) is 10.5. The average molecular weight is 229 g/mol. The first-order chi connectivity index (χ1) is 7.72. The molecule has 1 N–H and O–H groups in total. The van der Waals surface area contributed by atoms with Gasteiger partial charge in [0.1, 0.15) is 0 Å². The third kappa shape index (κ3) is 8.26. The van der Waals surface area contributed by atoms with E-state index in [4.69, 9.17) is 4.74 Å². The number of amides is 1. The Kier molecular flexibility index (Phi) is 9.76.